The molecule has 0 saturated heterocycles. The Bertz CT molecular complexity index is 912. The number of nitrogens with one attached hydrogen (secondary N) is 1. The molecule has 0 atom stereocenters. The van der Waals surface area contributed by atoms with Gasteiger partial charge in [-0.05, 0) is 18.2 Å². The highest BCUT2D eigenvalue weighted by Gasteiger charge is 2.22. The highest BCUT2D eigenvalue weighted by atomic mass is 32.2. The van der Waals surface area contributed by atoms with Crippen LogP contribution in [0.1, 0.15) is 35.5 Å². The van der Waals surface area contributed by atoms with Crippen LogP contribution in [-0.2, 0) is 15.4 Å². The van der Waals surface area contributed by atoms with E-state index in [1.54, 1.807) is 0 Å². The Morgan fingerprint density at radius 2 is 1.92 bits per heavy atom. The van der Waals surface area contributed by atoms with Gasteiger partial charge in [0, 0.05) is 19.5 Å². The Kier molecular flexibility index (Phi) is 5.74. The quantitative estimate of drug-likeness (QED) is 0.838. The van der Waals surface area contributed by atoms with Crippen LogP contribution in [-0.4, -0.2) is 44.8 Å². The zero-order valence-corrected chi connectivity index (χ0v) is 17.3. The standard InChI is InChI=1S/C17H23N3O4S2/c1-17(2,3)16-18-10-14(25-16)15(21)19-12-9-11(7-8-13(12)24-6)26(22,23)20(4)5/h7-10H,1-6H3,(H,19,21). The fraction of sp³-hybridized carbons (Fsp3) is 0.412. The topological polar surface area (TPSA) is 88.6 Å². The number of aromatic nitrogens is 1. The molecule has 0 radical (unpaired) electrons. The summed E-state index contributed by atoms with van der Waals surface area (Å²) in [5.41, 5.74) is 0.131. The monoisotopic (exact) mass is 397 g/mol. The van der Waals surface area contributed by atoms with Crippen LogP contribution >= 0.6 is 11.3 Å². The van der Waals surface area contributed by atoms with Crippen LogP contribution in [0.3, 0.4) is 0 Å². The minimum atomic E-state index is -3.62. The van der Waals surface area contributed by atoms with Gasteiger partial charge < -0.3 is 10.1 Å². The highest BCUT2D eigenvalue weighted by Crippen LogP contribution is 2.31. The van der Waals surface area contributed by atoms with Gasteiger partial charge in [0.05, 0.1) is 28.9 Å². The van der Waals surface area contributed by atoms with Crippen LogP contribution in [0.25, 0.3) is 0 Å². The van der Waals surface area contributed by atoms with E-state index in [1.165, 1.54) is 56.9 Å². The average Bonchev–Trinajstić information content (AvgIpc) is 3.05. The Labute approximate surface area is 158 Å². The van der Waals surface area contributed by atoms with Gasteiger partial charge in [-0.1, -0.05) is 20.8 Å². The van der Waals surface area contributed by atoms with Crippen molar-refractivity contribution in [2.24, 2.45) is 0 Å². The summed E-state index contributed by atoms with van der Waals surface area (Å²) in [5.74, 6) is 0.00678. The van der Waals surface area contributed by atoms with E-state index in [0.29, 0.717) is 10.6 Å². The van der Waals surface area contributed by atoms with E-state index < -0.39 is 10.0 Å². The molecule has 9 heteroatoms. The van der Waals surface area contributed by atoms with Crippen LogP contribution in [0.2, 0.25) is 0 Å². The van der Waals surface area contributed by atoms with Crippen LogP contribution in [0.4, 0.5) is 5.69 Å². The molecule has 1 N–H and O–H groups in total. The Hall–Kier alpha value is -1.97. The molecule has 0 aliphatic rings. The molecule has 1 aromatic heterocycles. The normalized spacial score (nSPS) is 12.3. The van der Waals surface area contributed by atoms with Crippen molar-refractivity contribution >= 4 is 33.0 Å². The van der Waals surface area contributed by atoms with E-state index in [1.807, 2.05) is 20.8 Å². The SMILES string of the molecule is COc1ccc(S(=O)(=O)N(C)C)cc1NC(=O)c1cnc(C(C)(C)C)s1. The predicted octanol–water partition coefficient (Wildman–Crippen LogP) is 2.95. The van der Waals surface area contributed by atoms with Crippen LogP contribution in [0.5, 0.6) is 5.75 Å². The molecule has 0 bridgehead atoms. The third-order valence-corrected chi connectivity index (χ3v) is 6.80. The number of thiazole rings is 1. The highest BCUT2D eigenvalue weighted by molar-refractivity contribution is 7.89. The van der Waals surface area contributed by atoms with E-state index in [9.17, 15) is 13.2 Å². The molecule has 0 unspecified atom stereocenters. The number of benzene rings is 1. The third-order valence-electron chi connectivity index (χ3n) is 3.57. The van der Waals surface area contributed by atoms with Gasteiger partial charge >= 0.3 is 0 Å². The summed E-state index contributed by atoms with van der Waals surface area (Å²) in [6.45, 7) is 6.06. The zero-order valence-electron chi connectivity index (χ0n) is 15.7. The number of rotatable bonds is 5. The summed E-state index contributed by atoms with van der Waals surface area (Å²) >= 11 is 1.30. The van der Waals surface area contributed by atoms with Gasteiger partial charge in [0.2, 0.25) is 10.0 Å². The van der Waals surface area contributed by atoms with Crippen molar-refractivity contribution in [3.05, 3.63) is 34.3 Å². The van der Waals surface area contributed by atoms with E-state index in [4.69, 9.17) is 4.74 Å². The molecule has 0 aliphatic carbocycles. The molecule has 1 amide bonds. The van der Waals surface area contributed by atoms with Gasteiger partial charge in [0.15, 0.2) is 0 Å². The van der Waals surface area contributed by atoms with E-state index in [2.05, 4.69) is 10.3 Å². The minimum absolute atomic E-state index is 0.0679. The number of anilines is 1. The lowest BCUT2D eigenvalue weighted by atomic mass is 9.98. The van der Waals surface area contributed by atoms with Crippen molar-refractivity contribution < 1.29 is 17.9 Å². The predicted molar refractivity (Wildman–Crippen MR) is 103 cm³/mol. The lowest BCUT2D eigenvalue weighted by molar-refractivity contribution is 0.103. The smallest absolute Gasteiger partial charge is 0.267 e. The van der Waals surface area contributed by atoms with Crippen molar-refractivity contribution in [1.82, 2.24) is 9.29 Å². The molecule has 26 heavy (non-hydrogen) atoms. The fourth-order valence-electron chi connectivity index (χ4n) is 2.07. The molecule has 0 spiro atoms. The van der Waals surface area contributed by atoms with Crippen molar-refractivity contribution in [3.8, 4) is 5.75 Å². The second kappa shape index (κ2) is 7.34. The molecule has 7 nitrogen and oxygen atoms in total. The first-order valence-corrected chi connectivity index (χ1v) is 10.1. The van der Waals surface area contributed by atoms with Crippen LogP contribution in [0, 0.1) is 0 Å². The molecule has 0 fully saturated rings. The van der Waals surface area contributed by atoms with E-state index in [-0.39, 0.29) is 21.9 Å². The molecule has 2 rings (SSSR count). The third kappa shape index (κ3) is 4.22. The maximum absolute atomic E-state index is 12.6. The summed E-state index contributed by atoms with van der Waals surface area (Å²) in [6.07, 6.45) is 1.52. The van der Waals surface area contributed by atoms with Gasteiger partial charge in [0.1, 0.15) is 10.6 Å². The molecule has 1 aromatic carbocycles. The van der Waals surface area contributed by atoms with Crippen LogP contribution in [0.15, 0.2) is 29.3 Å². The van der Waals surface area contributed by atoms with Crippen molar-refractivity contribution in [2.75, 3.05) is 26.5 Å². The number of carbonyl (C=O) groups is 1. The lowest BCUT2D eigenvalue weighted by Crippen LogP contribution is -2.22. The molecule has 142 valence electrons. The largest absolute Gasteiger partial charge is 0.495 e. The van der Waals surface area contributed by atoms with E-state index >= 15 is 0 Å². The first kappa shape index (κ1) is 20.3. The zero-order chi connectivity index (χ0) is 19.7. The number of hydrogen-bond donors (Lipinski definition) is 1. The van der Waals surface area contributed by atoms with Crippen molar-refractivity contribution in [3.63, 3.8) is 0 Å². The van der Waals surface area contributed by atoms with E-state index in [0.717, 1.165) is 9.31 Å². The Morgan fingerprint density at radius 1 is 1.27 bits per heavy atom. The van der Waals surface area contributed by atoms with Crippen molar-refractivity contribution in [2.45, 2.75) is 31.1 Å². The van der Waals surface area contributed by atoms with Gasteiger partial charge in [-0.15, -0.1) is 11.3 Å². The maximum Gasteiger partial charge on any atom is 0.267 e. The lowest BCUT2D eigenvalue weighted by Gasteiger charge is -2.15. The molecule has 0 aliphatic heterocycles. The van der Waals surface area contributed by atoms with Gasteiger partial charge in [-0.25, -0.2) is 17.7 Å². The summed E-state index contributed by atoms with van der Waals surface area (Å²) in [5, 5.41) is 3.56. The number of carbonyl (C=O) groups excluding carboxylic acids is 1. The minimum Gasteiger partial charge on any atom is -0.495 e. The number of nitrogens with zero attached hydrogens (tertiary/aromatic N) is 2. The first-order valence-electron chi connectivity index (χ1n) is 7.85. The van der Waals surface area contributed by atoms with Gasteiger partial charge in [0.25, 0.3) is 5.91 Å². The van der Waals surface area contributed by atoms with Gasteiger partial charge in [-0.2, -0.15) is 0 Å². The summed E-state index contributed by atoms with van der Waals surface area (Å²) in [7, 11) is 0.726. The number of sulfonamides is 1. The second-order valence-electron chi connectivity index (χ2n) is 6.88. The second-order valence-corrected chi connectivity index (χ2v) is 10.1. The molecular weight excluding hydrogens is 374 g/mol. The summed E-state index contributed by atoms with van der Waals surface area (Å²) in [6, 6.07) is 4.34. The first-order chi connectivity index (χ1) is 12.0. The summed E-state index contributed by atoms with van der Waals surface area (Å²) < 4.78 is 31.0. The maximum atomic E-state index is 12.6. The molecule has 1 heterocycles. The number of ether oxygens (including phenoxy) is 1. The molecular formula is C17H23N3O4S2. The van der Waals surface area contributed by atoms with Crippen molar-refractivity contribution in [1.29, 1.82) is 0 Å². The van der Waals surface area contributed by atoms with Gasteiger partial charge in [-0.3, -0.25) is 4.79 Å². The molecule has 0 saturated carbocycles. The number of amides is 1. The summed E-state index contributed by atoms with van der Waals surface area (Å²) in [4.78, 5) is 17.4. The van der Waals surface area contributed by atoms with Crippen LogP contribution < -0.4 is 10.1 Å². The fourth-order valence-corrected chi connectivity index (χ4v) is 3.86. The number of methoxy groups -OCH3 is 1. The Balaban J connectivity index is 2.36. The molecule has 2 aromatic rings. The number of hydrogen-bond acceptors (Lipinski definition) is 6. The Morgan fingerprint density at radius 3 is 2.42 bits per heavy atom. The average molecular weight is 398 g/mol.